The number of esters is 2. The van der Waals surface area contributed by atoms with Crippen LogP contribution in [0, 0.1) is 0 Å². The normalized spacial score (nSPS) is 13.6. The molecule has 5 nitrogen and oxygen atoms in total. The first-order valence-corrected chi connectivity index (χ1v) is 26.7. The second kappa shape index (κ2) is 56.6. The fourth-order valence-corrected chi connectivity index (χ4v) is 6.40. The zero-order chi connectivity index (χ0) is 49.2. The van der Waals surface area contributed by atoms with Crippen molar-refractivity contribution in [1.29, 1.82) is 0 Å². The van der Waals surface area contributed by atoms with E-state index >= 15 is 0 Å². The lowest BCUT2D eigenvalue weighted by molar-refractivity contribution is -0.162. The average Bonchev–Trinajstić information content (AvgIpc) is 3.34. The molecular weight excluding hydrogens is 837 g/mol. The number of allylic oxidation sites excluding steroid dienone is 28. The Labute approximate surface area is 417 Å². The predicted molar refractivity (Wildman–Crippen MR) is 297 cm³/mol. The summed E-state index contributed by atoms with van der Waals surface area (Å²) in [6, 6.07) is 0. The van der Waals surface area contributed by atoms with E-state index in [2.05, 4.69) is 191 Å². The molecule has 0 fully saturated rings. The van der Waals surface area contributed by atoms with Gasteiger partial charge < -0.3 is 14.2 Å². The molecule has 0 amide bonds. The number of hydrogen-bond donors (Lipinski definition) is 0. The quantitative estimate of drug-likeness (QED) is 0.0346. The number of rotatable bonds is 46. The van der Waals surface area contributed by atoms with Crippen molar-refractivity contribution in [1.82, 2.24) is 0 Å². The molecule has 0 aliphatic rings. The highest BCUT2D eigenvalue weighted by Gasteiger charge is 2.17. The number of carbonyl (C=O) groups is 2. The van der Waals surface area contributed by atoms with Crippen molar-refractivity contribution in [3.05, 3.63) is 170 Å². The van der Waals surface area contributed by atoms with Crippen LogP contribution in [0.25, 0.3) is 0 Å². The summed E-state index contributed by atoms with van der Waals surface area (Å²) in [4.78, 5) is 25.4. The highest BCUT2D eigenvalue weighted by atomic mass is 16.6. The molecule has 0 heterocycles. The van der Waals surface area contributed by atoms with Crippen molar-refractivity contribution < 1.29 is 23.8 Å². The lowest BCUT2D eigenvalue weighted by Gasteiger charge is -2.18. The minimum Gasteiger partial charge on any atom is -0.462 e. The van der Waals surface area contributed by atoms with E-state index in [1.165, 1.54) is 0 Å². The van der Waals surface area contributed by atoms with Gasteiger partial charge in [-0.25, -0.2) is 0 Å². The smallest absolute Gasteiger partial charge is 0.306 e. The van der Waals surface area contributed by atoms with Crippen molar-refractivity contribution in [2.24, 2.45) is 0 Å². The Kier molecular flexibility index (Phi) is 52.6. The maximum atomic E-state index is 12.8. The van der Waals surface area contributed by atoms with Crippen molar-refractivity contribution in [3.63, 3.8) is 0 Å². The van der Waals surface area contributed by atoms with Gasteiger partial charge in [0.15, 0.2) is 6.10 Å². The van der Waals surface area contributed by atoms with Crippen LogP contribution in [0.1, 0.15) is 188 Å². The molecule has 0 aliphatic carbocycles. The molecule has 0 radical (unpaired) electrons. The van der Waals surface area contributed by atoms with Crippen molar-refractivity contribution >= 4 is 11.9 Å². The fourth-order valence-electron chi connectivity index (χ4n) is 6.40. The zero-order valence-electron chi connectivity index (χ0n) is 43.3. The maximum absolute atomic E-state index is 12.8. The second-order valence-corrected chi connectivity index (χ2v) is 16.6. The third-order valence-corrected chi connectivity index (χ3v) is 10.2. The predicted octanol–water partition coefficient (Wildman–Crippen LogP) is 18.4. The maximum Gasteiger partial charge on any atom is 0.306 e. The van der Waals surface area contributed by atoms with Crippen LogP contribution in [-0.4, -0.2) is 37.9 Å². The summed E-state index contributed by atoms with van der Waals surface area (Å²) in [6.45, 7) is 7.23. The summed E-state index contributed by atoms with van der Waals surface area (Å²) in [6.07, 6.45) is 85.2. The van der Waals surface area contributed by atoms with Crippen LogP contribution in [-0.2, 0) is 23.8 Å². The number of hydrogen-bond acceptors (Lipinski definition) is 5. The van der Waals surface area contributed by atoms with E-state index < -0.39 is 6.10 Å². The van der Waals surface area contributed by atoms with E-state index in [0.717, 1.165) is 148 Å². The zero-order valence-corrected chi connectivity index (χ0v) is 43.3. The molecule has 0 N–H and O–H groups in total. The Balaban J connectivity index is 4.54. The molecule has 0 saturated carbocycles. The Morgan fingerprint density at radius 1 is 0.324 bits per heavy atom. The van der Waals surface area contributed by atoms with Gasteiger partial charge in [0.05, 0.1) is 6.61 Å². The first-order valence-electron chi connectivity index (χ1n) is 26.7. The monoisotopic (exact) mass is 933 g/mol. The van der Waals surface area contributed by atoms with Crippen molar-refractivity contribution in [2.45, 2.75) is 194 Å². The van der Waals surface area contributed by atoms with Crippen LogP contribution in [0.2, 0.25) is 0 Å². The van der Waals surface area contributed by atoms with E-state index in [-0.39, 0.29) is 25.2 Å². The van der Waals surface area contributed by atoms with Gasteiger partial charge in [-0.05, 0) is 135 Å². The van der Waals surface area contributed by atoms with Gasteiger partial charge in [0, 0.05) is 19.4 Å². The minimum atomic E-state index is -0.613. The first kappa shape index (κ1) is 63.3. The van der Waals surface area contributed by atoms with Gasteiger partial charge >= 0.3 is 11.9 Å². The molecular formula is C63H96O5. The number of ether oxygens (including phenoxy) is 3. The van der Waals surface area contributed by atoms with E-state index in [1.54, 1.807) is 0 Å². The van der Waals surface area contributed by atoms with E-state index in [4.69, 9.17) is 14.2 Å². The van der Waals surface area contributed by atoms with Crippen LogP contribution in [0.5, 0.6) is 0 Å². The Morgan fingerprint density at radius 2 is 0.632 bits per heavy atom. The lowest BCUT2D eigenvalue weighted by Crippen LogP contribution is -2.30. The molecule has 1 atom stereocenters. The molecule has 378 valence electrons. The molecule has 0 saturated heterocycles. The SMILES string of the molecule is CC/C=C\C/C=C\C/C=C\C/C=C\C/C=C\C/C=C\CCCOCC(COC(=O)CCC/C=C\C/C=C\C/C=C\C/C=C\C/C=C\CC)OC(=O)CCCCCCC/C=C\C/C=C\C/C=C\CC. The van der Waals surface area contributed by atoms with Gasteiger partial charge in [0.25, 0.3) is 0 Å². The standard InChI is InChI=1S/C63H96O5/c1-4-7-10-13-16-19-22-25-28-30-31-32-34-37-40-43-46-49-52-55-58-66-59-61(68-63(65)57-54-51-48-45-42-39-35-27-24-21-18-15-12-9-6-3)60-67-62(64)56-53-50-47-44-41-38-36-33-29-26-23-20-17-14-11-8-5-2/h7-12,16-21,25-29,31-32,35-38,40,44,46-47,49,61H,4-6,13-15,22-24,30,33-34,39,41-43,45,48,50-60H2,1-3H3/b10-7-,11-8-,12-9-,19-16-,20-17-,21-18-,28-25-,29-26-,32-31-,35-27-,38-36-,40-37-,47-44-,49-46-. The minimum absolute atomic E-state index is 0.0125. The molecule has 0 aliphatic heterocycles. The van der Waals surface area contributed by atoms with Gasteiger partial charge in [-0.15, -0.1) is 0 Å². The van der Waals surface area contributed by atoms with Crippen molar-refractivity contribution in [3.8, 4) is 0 Å². The summed E-state index contributed by atoms with van der Waals surface area (Å²) < 4.78 is 17.3. The van der Waals surface area contributed by atoms with Gasteiger partial charge in [-0.3, -0.25) is 9.59 Å². The Hall–Kier alpha value is -4.74. The second-order valence-electron chi connectivity index (χ2n) is 16.6. The molecule has 5 heteroatoms. The molecule has 0 aromatic rings. The van der Waals surface area contributed by atoms with E-state index in [1.807, 2.05) is 0 Å². The third-order valence-electron chi connectivity index (χ3n) is 10.2. The topological polar surface area (TPSA) is 61.8 Å². The number of unbranched alkanes of at least 4 members (excludes halogenated alkanes) is 7. The Morgan fingerprint density at radius 3 is 1.03 bits per heavy atom. The highest BCUT2D eigenvalue weighted by Crippen LogP contribution is 2.11. The molecule has 0 rings (SSSR count). The third kappa shape index (κ3) is 53.9. The number of carbonyl (C=O) groups excluding carboxylic acids is 2. The van der Waals surface area contributed by atoms with Gasteiger partial charge in [0.2, 0.25) is 0 Å². The first-order chi connectivity index (χ1) is 33.6. The van der Waals surface area contributed by atoms with E-state index in [9.17, 15) is 9.59 Å². The molecule has 0 aromatic carbocycles. The Bertz CT molecular complexity index is 1570. The summed E-state index contributed by atoms with van der Waals surface area (Å²) >= 11 is 0. The lowest BCUT2D eigenvalue weighted by atomic mass is 10.1. The molecule has 68 heavy (non-hydrogen) atoms. The molecule has 0 aromatic heterocycles. The van der Waals surface area contributed by atoms with Crippen LogP contribution in [0.15, 0.2) is 170 Å². The molecule has 1 unspecified atom stereocenters. The molecule has 0 bridgehead atoms. The van der Waals surface area contributed by atoms with E-state index in [0.29, 0.717) is 25.9 Å². The molecule has 0 spiro atoms. The van der Waals surface area contributed by atoms with Crippen LogP contribution in [0.4, 0.5) is 0 Å². The highest BCUT2D eigenvalue weighted by molar-refractivity contribution is 5.70. The summed E-state index contributed by atoms with van der Waals surface area (Å²) in [7, 11) is 0. The van der Waals surface area contributed by atoms with Crippen LogP contribution in [0.3, 0.4) is 0 Å². The van der Waals surface area contributed by atoms with Crippen molar-refractivity contribution in [2.75, 3.05) is 19.8 Å². The summed E-state index contributed by atoms with van der Waals surface area (Å²) in [5.74, 6) is -0.533. The van der Waals surface area contributed by atoms with Gasteiger partial charge in [-0.2, -0.15) is 0 Å². The largest absolute Gasteiger partial charge is 0.462 e. The van der Waals surface area contributed by atoms with Crippen LogP contribution < -0.4 is 0 Å². The summed E-state index contributed by atoms with van der Waals surface area (Å²) in [5, 5.41) is 0. The van der Waals surface area contributed by atoms with Gasteiger partial charge in [0.1, 0.15) is 6.61 Å². The fraction of sp³-hybridized carbons (Fsp3) is 0.524. The van der Waals surface area contributed by atoms with Gasteiger partial charge in [-0.1, -0.05) is 210 Å². The van der Waals surface area contributed by atoms with Crippen LogP contribution >= 0.6 is 0 Å². The summed E-state index contributed by atoms with van der Waals surface area (Å²) in [5.41, 5.74) is 0. The average molecular weight is 933 g/mol.